The summed E-state index contributed by atoms with van der Waals surface area (Å²) in [6.07, 6.45) is 1.30. The first-order valence-corrected chi connectivity index (χ1v) is 11.0. The Kier molecular flexibility index (Phi) is 6.12. The number of nitrogens with zero attached hydrogens (tertiary/aromatic N) is 1. The predicted molar refractivity (Wildman–Crippen MR) is 65.4 cm³/mol. The maximum atomic E-state index is 6.08. The first-order chi connectivity index (χ1) is 5.81. The minimum absolute atomic E-state index is 0.851. The van der Waals surface area contributed by atoms with Gasteiger partial charge in [-0.3, -0.25) is 0 Å². The van der Waals surface area contributed by atoms with E-state index in [0.717, 1.165) is 0 Å². The zero-order chi connectivity index (χ0) is 10.5. The van der Waals surface area contributed by atoms with E-state index in [1.54, 1.807) is 0 Å². The van der Waals surface area contributed by atoms with Gasteiger partial charge < -0.3 is 9.02 Å². The van der Waals surface area contributed by atoms with Crippen LogP contribution in [0.1, 0.15) is 6.42 Å². The molecule has 0 spiro atoms. The first kappa shape index (κ1) is 13.4. The van der Waals surface area contributed by atoms with Gasteiger partial charge in [0.05, 0.1) is 0 Å². The molecule has 0 aliphatic heterocycles. The van der Waals surface area contributed by atoms with Crippen molar-refractivity contribution in [3.63, 3.8) is 0 Å². The molecule has 0 saturated heterocycles. The minimum Gasteiger partial charge on any atom is -0.458 e. The molecule has 0 saturated carbocycles. The van der Waals surface area contributed by atoms with Crippen LogP contribution in [0.2, 0.25) is 32.2 Å². The van der Waals surface area contributed by atoms with Gasteiger partial charge in [-0.25, -0.2) is 0 Å². The van der Waals surface area contributed by atoms with Gasteiger partial charge in [0.15, 0.2) is 17.4 Å². The maximum Gasteiger partial charge on any atom is 0.170 e. The quantitative estimate of drug-likeness (QED) is 0.635. The lowest BCUT2D eigenvalue weighted by Gasteiger charge is -2.23. The minimum atomic E-state index is -1.25. The van der Waals surface area contributed by atoms with Crippen molar-refractivity contribution in [1.82, 2.24) is 4.90 Å². The molecule has 0 N–H and O–H groups in total. The molecule has 0 radical (unpaired) electrons. The average molecular weight is 219 g/mol. The van der Waals surface area contributed by atoms with E-state index in [9.17, 15) is 0 Å². The van der Waals surface area contributed by atoms with Crippen LogP contribution in [0.4, 0.5) is 0 Å². The molecule has 0 aliphatic carbocycles. The van der Waals surface area contributed by atoms with Crippen molar-refractivity contribution >= 4 is 17.4 Å². The standard InChI is InChI=1S/C9H25NOSi2/c1-10(2)8-7-9-12(3)11-13(4,5)6/h12H,7-9H2,1-6H3. The van der Waals surface area contributed by atoms with Crippen molar-refractivity contribution in [1.29, 1.82) is 0 Å². The van der Waals surface area contributed by atoms with Crippen LogP contribution in [0.25, 0.3) is 0 Å². The normalized spacial score (nSPS) is 15.0. The number of hydrogen-bond donors (Lipinski definition) is 0. The van der Waals surface area contributed by atoms with Crippen LogP contribution in [0.15, 0.2) is 0 Å². The smallest absolute Gasteiger partial charge is 0.170 e. The molecule has 0 aliphatic rings. The second-order valence-electron chi connectivity index (χ2n) is 4.99. The molecule has 0 fully saturated rings. The molecule has 0 aromatic rings. The fourth-order valence-electron chi connectivity index (χ4n) is 1.36. The van der Waals surface area contributed by atoms with Gasteiger partial charge in [0.2, 0.25) is 0 Å². The van der Waals surface area contributed by atoms with Crippen molar-refractivity contribution in [2.45, 2.75) is 38.7 Å². The SMILES string of the molecule is CN(C)CCC[SiH](C)O[Si](C)(C)C. The van der Waals surface area contributed by atoms with Crippen LogP contribution >= 0.6 is 0 Å². The molecule has 0 heterocycles. The van der Waals surface area contributed by atoms with Crippen LogP contribution < -0.4 is 0 Å². The third-order valence-corrected chi connectivity index (χ3v) is 7.43. The summed E-state index contributed by atoms with van der Waals surface area (Å²) in [4.78, 5) is 2.25. The van der Waals surface area contributed by atoms with Crippen molar-refractivity contribution in [2.24, 2.45) is 0 Å². The highest BCUT2D eigenvalue weighted by Gasteiger charge is 2.18. The van der Waals surface area contributed by atoms with Crippen LogP contribution in [0.3, 0.4) is 0 Å². The van der Waals surface area contributed by atoms with E-state index in [1.807, 2.05) is 0 Å². The summed E-state index contributed by atoms with van der Waals surface area (Å²) in [7, 11) is 2.16. The van der Waals surface area contributed by atoms with E-state index >= 15 is 0 Å². The number of rotatable bonds is 6. The van der Waals surface area contributed by atoms with E-state index in [-0.39, 0.29) is 0 Å². The van der Waals surface area contributed by atoms with Crippen molar-refractivity contribution < 1.29 is 4.12 Å². The lowest BCUT2D eigenvalue weighted by molar-refractivity contribution is 0.405. The Hall–Kier alpha value is 0.354. The third kappa shape index (κ3) is 10.3. The maximum absolute atomic E-state index is 6.08. The molecule has 13 heavy (non-hydrogen) atoms. The van der Waals surface area contributed by atoms with Gasteiger partial charge in [0.1, 0.15) is 0 Å². The summed E-state index contributed by atoms with van der Waals surface area (Å²) >= 11 is 0. The van der Waals surface area contributed by atoms with Gasteiger partial charge in [0.25, 0.3) is 0 Å². The van der Waals surface area contributed by atoms with Crippen molar-refractivity contribution in [2.75, 3.05) is 20.6 Å². The summed E-state index contributed by atoms with van der Waals surface area (Å²) in [5.41, 5.74) is 0. The van der Waals surface area contributed by atoms with Crippen molar-refractivity contribution in [3.8, 4) is 0 Å². The Morgan fingerprint density at radius 1 is 1.23 bits per heavy atom. The Morgan fingerprint density at radius 3 is 2.15 bits per heavy atom. The molecule has 2 nitrogen and oxygen atoms in total. The molecule has 0 aromatic carbocycles. The summed E-state index contributed by atoms with van der Waals surface area (Å²) < 4.78 is 6.08. The highest BCUT2D eigenvalue weighted by atomic mass is 28.4. The molecule has 1 unspecified atom stereocenters. The average Bonchev–Trinajstić information content (AvgIpc) is 1.81. The largest absolute Gasteiger partial charge is 0.458 e. The van der Waals surface area contributed by atoms with E-state index in [1.165, 1.54) is 19.0 Å². The van der Waals surface area contributed by atoms with Gasteiger partial charge in [-0.2, -0.15) is 0 Å². The van der Waals surface area contributed by atoms with Crippen LogP contribution in [0.5, 0.6) is 0 Å². The Labute approximate surface area is 86.1 Å². The first-order valence-electron chi connectivity index (χ1n) is 5.14. The Morgan fingerprint density at radius 2 is 1.77 bits per heavy atom. The van der Waals surface area contributed by atoms with E-state index in [0.29, 0.717) is 0 Å². The van der Waals surface area contributed by atoms with Gasteiger partial charge >= 0.3 is 0 Å². The van der Waals surface area contributed by atoms with Crippen molar-refractivity contribution in [3.05, 3.63) is 0 Å². The molecule has 80 valence electrons. The number of hydrogen-bond acceptors (Lipinski definition) is 2. The highest BCUT2D eigenvalue weighted by molar-refractivity contribution is 6.77. The fraction of sp³-hybridized carbons (Fsp3) is 1.00. The van der Waals surface area contributed by atoms with Gasteiger partial charge in [0, 0.05) is 0 Å². The van der Waals surface area contributed by atoms with E-state index in [2.05, 4.69) is 45.2 Å². The molecular formula is C9H25NOSi2. The monoisotopic (exact) mass is 219 g/mol. The Bertz CT molecular complexity index is 134. The van der Waals surface area contributed by atoms with Crippen LogP contribution in [0, 0.1) is 0 Å². The van der Waals surface area contributed by atoms with E-state index in [4.69, 9.17) is 4.12 Å². The lowest BCUT2D eigenvalue weighted by Crippen LogP contribution is -2.33. The summed E-state index contributed by atoms with van der Waals surface area (Å²) in [5.74, 6) is 0. The molecule has 0 amide bonds. The third-order valence-electron chi connectivity index (χ3n) is 1.77. The molecular weight excluding hydrogens is 194 g/mol. The summed E-state index contributed by atoms with van der Waals surface area (Å²) in [6.45, 7) is 10.4. The van der Waals surface area contributed by atoms with Gasteiger partial charge in [-0.05, 0) is 59.3 Å². The zero-order valence-corrected chi connectivity index (χ0v) is 12.2. The second-order valence-corrected chi connectivity index (χ2v) is 12.4. The molecule has 4 heteroatoms. The lowest BCUT2D eigenvalue weighted by atomic mass is 10.5. The molecule has 0 aromatic heterocycles. The topological polar surface area (TPSA) is 12.5 Å². The zero-order valence-electron chi connectivity index (χ0n) is 10.1. The molecule has 1 atom stereocenters. The summed E-state index contributed by atoms with van der Waals surface area (Å²) in [5, 5.41) is 0. The molecule has 0 bridgehead atoms. The second kappa shape index (κ2) is 5.95. The molecule has 0 rings (SSSR count). The van der Waals surface area contributed by atoms with Gasteiger partial charge in [-0.1, -0.05) is 0 Å². The Balaban J connectivity index is 3.46. The van der Waals surface area contributed by atoms with Crippen LogP contribution in [-0.2, 0) is 4.12 Å². The summed E-state index contributed by atoms with van der Waals surface area (Å²) in [6, 6.07) is 1.32. The highest BCUT2D eigenvalue weighted by Crippen LogP contribution is 2.09. The van der Waals surface area contributed by atoms with E-state index < -0.39 is 17.4 Å². The van der Waals surface area contributed by atoms with Crippen LogP contribution in [-0.4, -0.2) is 42.9 Å². The van der Waals surface area contributed by atoms with Gasteiger partial charge in [-0.15, -0.1) is 0 Å². The fourth-order valence-corrected chi connectivity index (χ4v) is 7.41. The predicted octanol–water partition coefficient (Wildman–Crippen LogP) is 2.14.